The number of rotatable bonds is 3. The van der Waals surface area contributed by atoms with Crippen molar-refractivity contribution >= 4 is 16.9 Å². The summed E-state index contributed by atoms with van der Waals surface area (Å²) in [5.74, 6) is 2.00. The molecule has 0 atom stereocenters. The maximum absolute atomic E-state index is 5.69. The average Bonchev–Trinajstić information content (AvgIpc) is 2.98. The lowest BCUT2D eigenvalue weighted by molar-refractivity contribution is 0.313. The number of benzene rings is 1. The molecule has 1 saturated carbocycles. The monoisotopic (exact) mass is 308 g/mol. The topological polar surface area (TPSA) is 77.8 Å². The molecule has 5 heteroatoms. The van der Waals surface area contributed by atoms with Gasteiger partial charge >= 0.3 is 0 Å². The van der Waals surface area contributed by atoms with E-state index in [1.165, 1.54) is 32.1 Å². The van der Waals surface area contributed by atoms with E-state index in [0.29, 0.717) is 0 Å². The fraction of sp³-hybridized carbons (Fsp3) is 0.389. The standard InChI is InChI=1S/C18H20N4O/c19-18-20-9-8-15(21-18)13-6-7-16-14(11-13)17(23-22-16)10-12-4-2-1-3-5-12/h6-9,11-12H,1-5,10H2,(H2,19,20,21). The maximum Gasteiger partial charge on any atom is 0.220 e. The largest absolute Gasteiger partial charge is 0.368 e. The number of nitrogen functional groups attached to an aromatic ring is 1. The minimum Gasteiger partial charge on any atom is -0.368 e. The van der Waals surface area contributed by atoms with Crippen LogP contribution >= 0.6 is 0 Å². The molecular formula is C18H20N4O. The quantitative estimate of drug-likeness (QED) is 0.791. The summed E-state index contributed by atoms with van der Waals surface area (Å²) in [4.78, 5) is 8.24. The van der Waals surface area contributed by atoms with E-state index in [1.54, 1.807) is 6.20 Å². The van der Waals surface area contributed by atoms with Gasteiger partial charge in [0.05, 0.1) is 5.69 Å². The van der Waals surface area contributed by atoms with Crippen molar-refractivity contribution in [2.24, 2.45) is 5.92 Å². The first-order chi connectivity index (χ1) is 11.3. The van der Waals surface area contributed by atoms with Crippen molar-refractivity contribution in [2.45, 2.75) is 38.5 Å². The van der Waals surface area contributed by atoms with Crippen molar-refractivity contribution in [3.8, 4) is 11.3 Å². The summed E-state index contributed by atoms with van der Waals surface area (Å²) >= 11 is 0. The highest BCUT2D eigenvalue weighted by atomic mass is 16.5. The van der Waals surface area contributed by atoms with Crippen molar-refractivity contribution in [1.82, 2.24) is 15.1 Å². The van der Waals surface area contributed by atoms with Gasteiger partial charge < -0.3 is 10.3 Å². The van der Waals surface area contributed by atoms with E-state index in [2.05, 4.69) is 21.2 Å². The van der Waals surface area contributed by atoms with E-state index < -0.39 is 0 Å². The van der Waals surface area contributed by atoms with Crippen LogP contribution in [0.3, 0.4) is 0 Å². The third kappa shape index (κ3) is 2.91. The van der Waals surface area contributed by atoms with Crippen molar-refractivity contribution < 1.29 is 4.52 Å². The molecule has 2 aromatic heterocycles. The van der Waals surface area contributed by atoms with Crippen LogP contribution in [-0.4, -0.2) is 15.1 Å². The van der Waals surface area contributed by atoms with Crippen LogP contribution in [0.4, 0.5) is 5.95 Å². The highest BCUT2D eigenvalue weighted by Gasteiger charge is 2.18. The Kier molecular flexibility index (Phi) is 3.69. The molecule has 4 rings (SSSR count). The van der Waals surface area contributed by atoms with E-state index in [0.717, 1.165) is 40.3 Å². The Labute approximate surface area is 134 Å². The highest BCUT2D eigenvalue weighted by molar-refractivity contribution is 5.85. The minimum absolute atomic E-state index is 0.287. The lowest BCUT2D eigenvalue weighted by atomic mass is 9.86. The Hall–Kier alpha value is -2.43. The third-order valence-electron chi connectivity index (χ3n) is 4.72. The van der Waals surface area contributed by atoms with E-state index >= 15 is 0 Å². The summed E-state index contributed by atoms with van der Waals surface area (Å²) in [5.41, 5.74) is 8.43. The summed E-state index contributed by atoms with van der Waals surface area (Å²) in [6.07, 6.45) is 9.29. The van der Waals surface area contributed by atoms with Gasteiger partial charge in [-0.15, -0.1) is 0 Å². The first-order valence-electron chi connectivity index (χ1n) is 8.27. The molecule has 0 spiro atoms. The first-order valence-corrected chi connectivity index (χ1v) is 8.27. The van der Waals surface area contributed by atoms with Crippen LogP contribution in [0.25, 0.3) is 22.2 Å². The van der Waals surface area contributed by atoms with Crippen LogP contribution in [0, 0.1) is 5.92 Å². The molecule has 23 heavy (non-hydrogen) atoms. The summed E-state index contributed by atoms with van der Waals surface area (Å²) in [6, 6.07) is 7.95. The van der Waals surface area contributed by atoms with E-state index in [1.807, 2.05) is 18.2 Å². The fourth-order valence-electron chi connectivity index (χ4n) is 3.49. The summed E-state index contributed by atoms with van der Waals surface area (Å²) in [7, 11) is 0. The molecule has 1 aliphatic rings. The van der Waals surface area contributed by atoms with Crippen molar-refractivity contribution in [2.75, 3.05) is 5.73 Å². The van der Waals surface area contributed by atoms with Gasteiger partial charge in [-0.3, -0.25) is 0 Å². The van der Waals surface area contributed by atoms with E-state index in [-0.39, 0.29) is 5.95 Å². The number of hydrogen-bond donors (Lipinski definition) is 1. The van der Waals surface area contributed by atoms with Gasteiger partial charge in [0, 0.05) is 23.6 Å². The second-order valence-corrected chi connectivity index (χ2v) is 6.35. The first kappa shape index (κ1) is 14.2. The molecule has 3 aromatic rings. The SMILES string of the molecule is Nc1nccc(-c2ccc3noc(CC4CCCCC4)c3c2)n1. The molecule has 5 nitrogen and oxygen atoms in total. The second-order valence-electron chi connectivity index (χ2n) is 6.35. The van der Waals surface area contributed by atoms with Crippen molar-refractivity contribution in [3.63, 3.8) is 0 Å². The molecule has 1 aliphatic carbocycles. The maximum atomic E-state index is 5.69. The van der Waals surface area contributed by atoms with Gasteiger partial charge in [0.25, 0.3) is 0 Å². The smallest absolute Gasteiger partial charge is 0.220 e. The number of nitrogens with two attached hydrogens (primary N) is 1. The van der Waals surface area contributed by atoms with Gasteiger partial charge in [-0.05, 0) is 24.1 Å². The predicted molar refractivity (Wildman–Crippen MR) is 89.7 cm³/mol. The second kappa shape index (κ2) is 5.99. The zero-order valence-electron chi connectivity index (χ0n) is 13.0. The zero-order chi connectivity index (χ0) is 15.6. The number of nitrogens with zero attached hydrogens (tertiary/aromatic N) is 3. The molecule has 118 valence electrons. The Morgan fingerprint density at radius 1 is 1.13 bits per heavy atom. The molecular weight excluding hydrogens is 288 g/mol. The highest BCUT2D eigenvalue weighted by Crippen LogP contribution is 2.31. The van der Waals surface area contributed by atoms with Gasteiger partial charge in [-0.1, -0.05) is 43.3 Å². The lowest BCUT2D eigenvalue weighted by Gasteiger charge is -2.20. The molecule has 2 N–H and O–H groups in total. The molecule has 2 heterocycles. The molecule has 0 amide bonds. The Balaban J connectivity index is 1.68. The molecule has 0 radical (unpaired) electrons. The molecule has 0 saturated heterocycles. The van der Waals surface area contributed by atoms with Crippen LogP contribution in [0.5, 0.6) is 0 Å². The number of anilines is 1. The van der Waals surface area contributed by atoms with Crippen LogP contribution in [0.1, 0.15) is 37.9 Å². The van der Waals surface area contributed by atoms with Gasteiger partial charge in [0.15, 0.2) is 0 Å². The summed E-state index contributed by atoms with van der Waals surface area (Å²) in [6.45, 7) is 0. The molecule has 0 aliphatic heterocycles. The van der Waals surface area contributed by atoms with Crippen molar-refractivity contribution in [3.05, 3.63) is 36.2 Å². The Morgan fingerprint density at radius 2 is 2.00 bits per heavy atom. The molecule has 0 unspecified atom stereocenters. The van der Waals surface area contributed by atoms with Gasteiger partial charge in [0.1, 0.15) is 11.3 Å². The summed E-state index contributed by atoms with van der Waals surface area (Å²) < 4.78 is 5.62. The Bertz CT molecular complexity index is 821. The number of aromatic nitrogens is 3. The van der Waals surface area contributed by atoms with E-state index in [4.69, 9.17) is 10.3 Å². The van der Waals surface area contributed by atoms with Crippen LogP contribution < -0.4 is 5.73 Å². The average molecular weight is 308 g/mol. The fourth-order valence-corrected chi connectivity index (χ4v) is 3.49. The van der Waals surface area contributed by atoms with E-state index in [9.17, 15) is 0 Å². The third-order valence-corrected chi connectivity index (χ3v) is 4.72. The summed E-state index contributed by atoms with van der Waals surface area (Å²) in [5, 5.41) is 5.29. The Morgan fingerprint density at radius 3 is 2.83 bits per heavy atom. The number of fused-ring (bicyclic) bond motifs is 1. The molecule has 1 fully saturated rings. The molecule has 1 aromatic carbocycles. The van der Waals surface area contributed by atoms with Gasteiger partial charge in [-0.2, -0.15) is 0 Å². The van der Waals surface area contributed by atoms with Crippen LogP contribution in [0.15, 0.2) is 35.0 Å². The van der Waals surface area contributed by atoms with Gasteiger partial charge in [0.2, 0.25) is 5.95 Å². The van der Waals surface area contributed by atoms with Crippen LogP contribution in [-0.2, 0) is 6.42 Å². The number of hydrogen-bond acceptors (Lipinski definition) is 5. The molecule has 0 bridgehead atoms. The normalized spacial score (nSPS) is 16.0. The minimum atomic E-state index is 0.287. The van der Waals surface area contributed by atoms with Gasteiger partial charge in [-0.25, -0.2) is 9.97 Å². The predicted octanol–water partition coefficient (Wildman–Crippen LogP) is 3.99. The van der Waals surface area contributed by atoms with Crippen molar-refractivity contribution in [1.29, 1.82) is 0 Å². The zero-order valence-corrected chi connectivity index (χ0v) is 13.0. The van der Waals surface area contributed by atoms with Crippen LogP contribution in [0.2, 0.25) is 0 Å². The lowest BCUT2D eigenvalue weighted by Crippen LogP contribution is -2.08.